The summed E-state index contributed by atoms with van der Waals surface area (Å²) in [6.45, 7) is 2.25. The zero-order valence-corrected chi connectivity index (χ0v) is 10.9. The third-order valence-corrected chi connectivity index (χ3v) is 2.85. The minimum atomic E-state index is -0.406. The van der Waals surface area contributed by atoms with Gasteiger partial charge in [0.2, 0.25) is 5.91 Å². The molecule has 1 rings (SSSR count). The number of methoxy groups -OCH3 is 1. The number of benzene rings is 1. The van der Waals surface area contributed by atoms with Crippen molar-refractivity contribution in [1.82, 2.24) is 0 Å². The summed E-state index contributed by atoms with van der Waals surface area (Å²) in [5.74, 6) is -0.249. The van der Waals surface area contributed by atoms with Crippen molar-refractivity contribution in [2.75, 3.05) is 25.6 Å². The van der Waals surface area contributed by atoms with E-state index >= 15 is 0 Å². The van der Waals surface area contributed by atoms with Crippen LogP contribution in [0.4, 0.5) is 10.1 Å². The second-order valence-electron chi connectivity index (χ2n) is 4.19. The largest absolute Gasteiger partial charge is 0.495 e. The first-order chi connectivity index (χ1) is 8.51. The summed E-state index contributed by atoms with van der Waals surface area (Å²) in [4.78, 5) is 13.5. The van der Waals surface area contributed by atoms with Gasteiger partial charge in [-0.3, -0.25) is 4.79 Å². The van der Waals surface area contributed by atoms with Gasteiger partial charge in [-0.15, -0.1) is 0 Å². The minimum Gasteiger partial charge on any atom is -0.495 e. The topological polar surface area (TPSA) is 55.6 Å². The molecule has 0 radical (unpaired) electrons. The summed E-state index contributed by atoms with van der Waals surface area (Å²) in [7, 11) is 3.09. The summed E-state index contributed by atoms with van der Waals surface area (Å²) in [5.41, 5.74) is 5.85. The van der Waals surface area contributed by atoms with E-state index in [0.29, 0.717) is 24.4 Å². The lowest BCUT2D eigenvalue weighted by atomic mass is 10.1. The van der Waals surface area contributed by atoms with Crippen LogP contribution in [0.15, 0.2) is 18.2 Å². The molecule has 1 atom stereocenters. The number of carbonyl (C=O) groups excluding carboxylic acids is 1. The first-order valence-electron chi connectivity index (χ1n) is 5.82. The molecule has 0 bridgehead atoms. The van der Waals surface area contributed by atoms with Crippen molar-refractivity contribution < 1.29 is 13.9 Å². The summed E-state index contributed by atoms with van der Waals surface area (Å²) < 4.78 is 18.4. The highest BCUT2D eigenvalue weighted by Crippen LogP contribution is 2.29. The fourth-order valence-corrected chi connectivity index (χ4v) is 1.75. The van der Waals surface area contributed by atoms with Gasteiger partial charge in [-0.2, -0.15) is 0 Å². The Morgan fingerprint density at radius 3 is 2.78 bits per heavy atom. The van der Waals surface area contributed by atoms with E-state index in [9.17, 15) is 9.18 Å². The van der Waals surface area contributed by atoms with Crippen LogP contribution in [0.2, 0.25) is 0 Å². The molecule has 100 valence electrons. The fraction of sp³-hybridized carbons (Fsp3) is 0.462. The van der Waals surface area contributed by atoms with Crippen molar-refractivity contribution in [2.45, 2.75) is 13.3 Å². The molecule has 0 aliphatic heterocycles. The van der Waals surface area contributed by atoms with Crippen LogP contribution in [0.3, 0.4) is 0 Å². The van der Waals surface area contributed by atoms with Crippen molar-refractivity contribution in [2.24, 2.45) is 11.7 Å². The van der Waals surface area contributed by atoms with Crippen molar-refractivity contribution in [3.8, 4) is 5.75 Å². The molecular weight excluding hydrogens is 235 g/mol. The molecular formula is C13H19FN2O2. The first-order valence-corrected chi connectivity index (χ1v) is 5.82. The van der Waals surface area contributed by atoms with E-state index in [4.69, 9.17) is 10.5 Å². The molecule has 0 fully saturated rings. The van der Waals surface area contributed by atoms with Crippen molar-refractivity contribution in [3.63, 3.8) is 0 Å². The minimum absolute atomic E-state index is 0.107. The van der Waals surface area contributed by atoms with Gasteiger partial charge in [0.25, 0.3) is 0 Å². The van der Waals surface area contributed by atoms with Gasteiger partial charge in [0.15, 0.2) is 0 Å². The Balaban J connectivity index is 2.98. The number of hydrogen-bond donors (Lipinski definition) is 1. The molecule has 5 heteroatoms. The summed E-state index contributed by atoms with van der Waals surface area (Å²) in [6.07, 6.45) is 0.598. The van der Waals surface area contributed by atoms with E-state index in [1.807, 2.05) is 0 Å². The SMILES string of the molecule is COc1ccc(F)cc1N(C)C(=O)C(C)CCN. The molecule has 0 saturated heterocycles. The normalized spacial score (nSPS) is 12.1. The Morgan fingerprint density at radius 1 is 1.56 bits per heavy atom. The van der Waals surface area contributed by atoms with Crippen LogP contribution in [0.1, 0.15) is 13.3 Å². The zero-order valence-electron chi connectivity index (χ0n) is 10.9. The van der Waals surface area contributed by atoms with Gasteiger partial charge in [-0.25, -0.2) is 4.39 Å². The number of halogens is 1. The van der Waals surface area contributed by atoms with Crippen LogP contribution in [0.25, 0.3) is 0 Å². The Morgan fingerprint density at radius 2 is 2.22 bits per heavy atom. The summed E-state index contributed by atoms with van der Waals surface area (Å²) >= 11 is 0. The molecule has 0 aliphatic carbocycles. The maximum Gasteiger partial charge on any atom is 0.229 e. The molecule has 0 spiro atoms. The predicted octanol–water partition coefficient (Wildman–Crippen LogP) is 1.78. The average molecular weight is 254 g/mol. The van der Waals surface area contributed by atoms with Crippen LogP contribution in [0, 0.1) is 11.7 Å². The number of hydrogen-bond acceptors (Lipinski definition) is 3. The maximum atomic E-state index is 13.2. The van der Waals surface area contributed by atoms with E-state index in [0.717, 1.165) is 0 Å². The number of nitrogens with two attached hydrogens (primary N) is 1. The van der Waals surface area contributed by atoms with Gasteiger partial charge < -0.3 is 15.4 Å². The number of ether oxygens (including phenoxy) is 1. The highest BCUT2D eigenvalue weighted by molar-refractivity contribution is 5.95. The molecule has 1 aromatic rings. The summed E-state index contributed by atoms with van der Waals surface area (Å²) in [5, 5.41) is 0. The predicted molar refractivity (Wildman–Crippen MR) is 69.2 cm³/mol. The van der Waals surface area contributed by atoms with Gasteiger partial charge in [0.05, 0.1) is 12.8 Å². The first kappa shape index (κ1) is 14.4. The number of amides is 1. The third kappa shape index (κ3) is 3.20. The number of anilines is 1. The van der Waals surface area contributed by atoms with Gasteiger partial charge >= 0.3 is 0 Å². The average Bonchev–Trinajstić information content (AvgIpc) is 2.37. The van der Waals surface area contributed by atoms with Crippen molar-refractivity contribution in [3.05, 3.63) is 24.0 Å². The molecule has 1 unspecified atom stereocenters. The molecule has 1 amide bonds. The second-order valence-corrected chi connectivity index (χ2v) is 4.19. The van der Waals surface area contributed by atoms with Crippen molar-refractivity contribution >= 4 is 11.6 Å². The van der Waals surface area contributed by atoms with Crippen LogP contribution in [-0.4, -0.2) is 26.6 Å². The monoisotopic (exact) mass is 254 g/mol. The quantitative estimate of drug-likeness (QED) is 0.871. The molecule has 18 heavy (non-hydrogen) atoms. The van der Waals surface area contributed by atoms with Crippen LogP contribution < -0.4 is 15.4 Å². The molecule has 4 nitrogen and oxygen atoms in total. The Hall–Kier alpha value is -1.62. The van der Waals surface area contributed by atoms with E-state index in [1.54, 1.807) is 14.0 Å². The maximum absolute atomic E-state index is 13.2. The van der Waals surface area contributed by atoms with Crippen molar-refractivity contribution in [1.29, 1.82) is 0 Å². The lowest BCUT2D eigenvalue weighted by Crippen LogP contribution is -2.32. The molecule has 0 aromatic heterocycles. The fourth-order valence-electron chi connectivity index (χ4n) is 1.75. The van der Waals surface area contributed by atoms with Gasteiger partial charge in [0, 0.05) is 19.0 Å². The molecule has 0 saturated carbocycles. The molecule has 0 aliphatic rings. The third-order valence-electron chi connectivity index (χ3n) is 2.85. The summed E-state index contributed by atoms with van der Waals surface area (Å²) in [6, 6.07) is 4.08. The Kier molecular flexibility index (Phi) is 5.09. The second kappa shape index (κ2) is 6.35. The number of nitrogens with zero attached hydrogens (tertiary/aromatic N) is 1. The molecule has 0 heterocycles. The lowest BCUT2D eigenvalue weighted by Gasteiger charge is -2.23. The number of rotatable bonds is 5. The lowest BCUT2D eigenvalue weighted by molar-refractivity contribution is -0.121. The molecule has 1 aromatic carbocycles. The van der Waals surface area contributed by atoms with E-state index in [-0.39, 0.29) is 11.8 Å². The van der Waals surface area contributed by atoms with Gasteiger partial charge in [-0.1, -0.05) is 6.92 Å². The molecule has 2 N–H and O–H groups in total. The van der Waals surface area contributed by atoms with Crippen LogP contribution in [-0.2, 0) is 4.79 Å². The van der Waals surface area contributed by atoms with Gasteiger partial charge in [-0.05, 0) is 25.1 Å². The highest BCUT2D eigenvalue weighted by atomic mass is 19.1. The number of carbonyl (C=O) groups is 1. The zero-order chi connectivity index (χ0) is 13.7. The van der Waals surface area contributed by atoms with Gasteiger partial charge in [0.1, 0.15) is 11.6 Å². The Labute approximate surface area is 107 Å². The van der Waals surface area contributed by atoms with E-state index in [2.05, 4.69) is 0 Å². The Bertz CT molecular complexity index is 423. The van der Waals surface area contributed by atoms with Crippen LogP contribution in [0.5, 0.6) is 5.75 Å². The smallest absolute Gasteiger partial charge is 0.229 e. The highest BCUT2D eigenvalue weighted by Gasteiger charge is 2.20. The van der Waals surface area contributed by atoms with Crippen LogP contribution >= 0.6 is 0 Å². The standard InChI is InChI=1S/C13H19FN2O2/c1-9(6-7-15)13(17)16(2)11-8-10(14)4-5-12(11)18-3/h4-5,8-9H,6-7,15H2,1-3H3. The van der Waals surface area contributed by atoms with E-state index in [1.165, 1.54) is 30.2 Å². The van der Waals surface area contributed by atoms with E-state index < -0.39 is 5.82 Å².